The molecule has 0 spiro atoms. The van der Waals surface area contributed by atoms with Crippen LogP contribution < -0.4 is 15.4 Å². The molecule has 0 radical (unpaired) electrons. The van der Waals surface area contributed by atoms with Crippen LogP contribution in [0.25, 0.3) is 0 Å². The number of nitrogens with one attached hydrogen (secondary N) is 2. The van der Waals surface area contributed by atoms with E-state index >= 15 is 0 Å². The summed E-state index contributed by atoms with van der Waals surface area (Å²) in [7, 11) is 2.02. The number of rotatable bonds is 4. The van der Waals surface area contributed by atoms with Gasteiger partial charge in [0.15, 0.2) is 0 Å². The van der Waals surface area contributed by atoms with E-state index in [9.17, 15) is 0 Å². The fraction of sp³-hybridized carbons (Fsp3) is 0.538. The molecule has 2 rings (SSSR count). The second kappa shape index (κ2) is 5.21. The van der Waals surface area contributed by atoms with Crippen molar-refractivity contribution in [3.8, 4) is 5.75 Å². The van der Waals surface area contributed by atoms with Gasteiger partial charge in [0, 0.05) is 12.6 Å². The third-order valence-corrected chi connectivity index (χ3v) is 3.10. The molecule has 0 aromatic heterocycles. The molecular weight excluding hydrogens is 200 g/mol. The van der Waals surface area contributed by atoms with Gasteiger partial charge < -0.3 is 15.4 Å². The van der Waals surface area contributed by atoms with E-state index in [2.05, 4.69) is 35.8 Å². The molecular formula is C13H20N2O. The fourth-order valence-corrected chi connectivity index (χ4v) is 2.05. The van der Waals surface area contributed by atoms with Crippen molar-refractivity contribution in [3.05, 3.63) is 23.8 Å². The maximum atomic E-state index is 5.56. The Morgan fingerprint density at radius 2 is 2.38 bits per heavy atom. The zero-order valence-electron chi connectivity index (χ0n) is 10.0. The van der Waals surface area contributed by atoms with Crippen molar-refractivity contribution >= 4 is 5.69 Å². The normalized spacial score (nSPS) is 15.9. The van der Waals surface area contributed by atoms with E-state index in [1.54, 1.807) is 0 Å². The molecule has 1 aromatic rings. The Hall–Kier alpha value is -1.22. The first-order valence-electron chi connectivity index (χ1n) is 6.00. The van der Waals surface area contributed by atoms with Crippen LogP contribution in [0, 0.1) is 0 Å². The molecule has 0 fully saturated rings. The van der Waals surface area contributed by atoms with Gasteiger partial charge in [-0.25, -0.2) is 0 Å². The number of hydrogen-bond donors (Lipinski definition) is 2. The number of likely N-dealkylation sites (N-methyl/N-ethyl adjacent to an activating group) is 1. The van der Waals surface area contributed by atoms with Crippen LogP contribution in [0.2, 0.25) is 0 Å². The molecule has 16 heavy (non-hydrogen) atoms. The average molecular weight is 220 g/mol. The van der Waals surface area contributed by atoms with Crippen LogP contribution in [0.1, 0.15) is 18.9 Å². The van der Waals surface area contributed by atoms with Gasteiger partial charge in [0.2, 0.25) is 0 Å². The second-order valence-electron chi connectivity index (χ2n) is 4.20. The standard InChI is InChI=1S/C13H20N2O/c1-3-11(14-2)8-10-4-5-13-12(9-10)15-6-7-16-13/h4-5,9,11,14-15H,3,6-8H2,1-2H3. The van der Waals surface area contributed by atoms with Crippen LogP contribution in [0.4, 0.5) is 5.69 Å². The third kappa shape index (κ3) is 2.47. The smallest absolute Gasteiger partial charge is 0.142 e. The SMILES string of the molecule is CCC(Cc1ccc2c(c1)NCCO2)NC. The van der Waals surface area contributed by atoms with Gasteiger partial charge in [-0.2, -0.15) is 0 Å². The van der Waals surface area contributed by atoms with E-state index in [0.717, 1.165) is 37.4 Å². The van der Waals surface area contributed by atoms with E-state index in [4.69, 9.17) is 4.74 Å². The third-order valence-electron chi connectivity index (χ3n) is 3.10. The first-order valence-corrected chi connectivity index (χ1v) is 6.00. The summed E-state index contributed by atoms with van der Waals surface area (Å²) in [6, 6.07) is 6.99. The van der Waals surface area contributed by atoms with Gasteiger partial charge in [-0.3, -0.25) is 0 Å². The number of ether oxygens (including phenoxy) is 1. The summed E-state index contributed by atoms with van der Waals surface area (Å²) >= 11 is 0. The first kappa shape index (κ1) is 11.3. The van der Waals surface area contributed by atoms with Gasteiger partial charge in [-0.1, -0.05) is 13.0 Å². The van der Waals surface area contributed by atoms with Crippen LogP contribution in [0.15, 0.2) is 18.2 Å². The van der Waals surface area contributed by atoms with Crippen LogP contribution in [-0.4, -0.2) is 26.2 Å². The molecule has 1 aliphatic heterocycles. The summed E-state index contributed by atoms with van der Waals surface area (Å²) in [5.41, 5.74) is 2.49. The van der Waals surface area contributed by atoms with Crippen molar-refractivity contribution in [2.24, 2.45) is 0 Å². The Kier molecular flexibility index (Phi) is 3.67. The predicted octanol–water partition coefficient (Wildman–Crippen LogP) is 2.03. The minimum Gasteiger partial charge on any atom is -0.490 e. The van der Waals surface area contributed by atoms with E-state index < -0.39 is 0 Å². The highest BCUT2D eigenvalue weighted by molar-refractivity contribution is 5.59. The van der Waals surface area contributed by atoms with Crippen LogP contribution in [-0.2, 0) is 6.42 Å². The first-order chi connectivity index (χ1) is 7.83. The maximum Gasteiger partial charge on any atom is 0.142 e. The Labute approximate surface area is 97.2 Å². The van der Waals surface area contributed by atoms with Gasteiger partial charge in [-0.15, -0.1) is 0 Å². The minimum atomic E-state index is 0.558. The molecule has 0 saturated heterocycles. The Bertz CT molecular complexity index is 348. The highest BCUT2D eigenvalue weighted by Crippen LogP contribution is 2.28. The molecule has 3 nitrogen and oxygen atoms in total. The van der Waals surface area contributed by atoms with E-state index in [0.29, 0.717) is 6.04 Å². The molecule has 1 atom stereocenters. The lowest BCUT2D eigenvalue weighted by atomic mass is 10.0. The van der Waals surface area contributed by atoms with Crippen molar-refractivity contribution in [1.82, 2.24) is 5.32 Å². The van der Waals surface area contributed by atoms with Crippen molar-refractivity contribution in [2.45, 2.75) is 25.8 Å². The molecule has 1 unspecified atom stereocenters. The molecule has 88 valence electrons. The highest BCUT2D eigenvalue weighted by atomic mass is 16.5. The van der Waals surface area contributed by atoms with Gasteiger partial charge in [0.05, 0.1) is 5.69 Å². The number of anilines is 1. The van der Waals surface area contributed by atoms with Gasteiger partial charge in [0.1, 0.15) is 12.4 Å². The molecule has 1 heterocycles. The zero-order valence-corrected chi connectivity index (χ0v) is 10.0. The van der Waals surface area contributed by atoms with Gasteiger partial charge in [-0.05, 0) is 37.6 Å². The minimum absolute atomic E-state index is 0.558. The van der Waals surface area contributed by atoms with Crippen LogP contribution >= 0.6 is 0 Å². The molecule has 0 aliphatic carbocycles. The quantitative estimate of drug-likeness (QED) is 0.814. The summed E-state index contributed by atoms with van der Waals surface area (Å²) in [5, 5.41) is 6.70. The summed E-state index contributed by atoms with van der Waals surface area (Å²) in [6.45, 7) is 3.88. The lowest BCUT2D eigenvalue weighted by molar-refractivity contribution is 0.323. The average Bonchev–Trinajstić information content (AvgIpc) is 2.35. The Morgan fingerprint density at radius 1 is 1.50 bits per heavy atom. The molecule has 0 amide bonds. The van der Waals surface area contributed by atoms with Crippen LogP contribution in [0.3, 0.4) is 0 Å². The molecule has 3 heteroatoms. The molecule has 2 N–H and O–H groups in total. The lowest BCUT2D eigenvalue weighted by Gasteiger charge is -2.21. The van der Waals surface area contributed by atoms with Crippen molar-refractivity contribution in [1.29, 1.82) is 0 Å². The Morgan fingerprint density at radius 3 is 3.12 bits per heavy atom. The van der Waals surface area contributed by atoms with Gasteiger partial charge >= 0.3 is 0 Å². The summed E-state index contributed by atoms with van der Waals surface area (Å²) < 4.78 is 5.56. The summed E-state index contributed by atoms with van der Waals surface area (Å²) in [4.78, 5) is 0. The van der Waals surface area contributed by atoms with Gasteiger partial charge in [0.25, 0.3) is 0 Å². The second-order valence-corrected chi connectivity index (χ2v) is 4.20. The highest BCUT2D eigenvalue weighted by Gasteiger charge is 2.11. The maximum absolute atomic E-state index is 5.56. The Balaban J connectivity index is 2.10. The number of fused-ring (bicyclic) bond motifs is 1. The molecule has 0 saturated carbocycles. The molecule has 1 aromatic carbocycles. The van der Waals surface area contributed by atoms with Crippen molar-refractivity contribution in [2.75, 3.05) is 25.5 Å². The largest absolute Gasteiger partial charge is 0.490 e. The van der Waals surface area contributed by atoms with Crippen molar-refractivity contribution in [3.63, 3.8) is 0 Å². The van der Waals surface area contributed by atoms with Crippen molar-refractivity contribution < 1.29 is 4.74 Å². The van der Waals surface area contributed by atoms with E-state index in [1.807, 2.05) is 7.05 Å². The zero-order chi connectivity index (χ0) is 11.4. The summed E-state index contributed by atoms with van der Waals surface area (Å²) in [5.74, 6) is 0.979. The van der Waals surface area contributed by atoms with E-state index in [-0.39, 0.29) is 0 Å². The number of hydrogen-bond acceptors (Lipinski definition) is 3. The fourth-order valence-electron chi connectivity index (χ4n) is 2.05. The predicted molar refractivity (Wildman–Crippen MR) is 67.3 cm³/mol. The molecule has 1 aliphatic rings. The number of benzene rings is 1. The topological polar surface area (TPSA) is 33.3 Å². The monoisotopic (exact) mass is 220 g/mol. The lowest BCUT2D eigenvalue weighted by Crippen LogP contribution is -2.26. The van der Waals surface area contributed by atoms with Crippen LogP contribution in [0.5, 0.6) is 5.75 Å². The van der Waals surface area contributed by atoms with E-state index in [1.165, 1.54) is 5.56 Å². The summed E-state index contributed by atoms with van der Waals surface area (Å²) in [6.07, 6.45) is 2.22. The molecule has 0 bridgehead atoms.